The average Bonchev–Trinajstić information content (AvgIpc) is 2.78. The van der Waals surface area contributed by atoms with Crippen molar-refractivity contribution >= 4 is 0 Å². The van der Waals surface area contributed by atoms with E-state index in [4.69, 9.17) is 10.2 Å². The lowest BCUT2D eigenvalue weighted by Gasteiger charge is -2.08. The number of aryl methyl sites for hydroxylation is 1. The van der Waals surface area contributed by atoms with Crippen molar-refractivity contribution in [3.63, 3.8) is 0 Å². The lowest BCUT2D eigenvalue weighted by Crippen LogP contribution is -2.02. The van der Waals surface area contributed by atoms with E-state index in [1.807, 2.05) is 6.92 Å². The molecule has 0 aliphatic rings. The van der Waals surface area contributed by atoms with Crippen LogP contribution in [0.3, 0.4) is 0 Å². The molecule has 0 atom stereocenters. The summed E-state index contributed by atoms with van der Waals surface area (Å²) in [5, 5.41) is 8.10. The smallest absolute Gasteiger partial charge is 0.248 e. The first-order valence-electron chi connectivity index (χ1n) is 6.25. The summed E-state index contributed by atoms with van der Waals surface area (Å²) in [7, 11) is 0. The van der Waals surface area contributed by atoms with Crippen LogP contribution in [0.4, 0.5) is 0 Å². The van der Waals surface area contributed by atoms with Crippen molar-refractivity contribution < 1.29 is 4.42 Å². The third kappa shape index (κ3) is 2.59. The molecular weight excluding hydrogens is 226 g/mol. The SMILES string of the molecule is Cc1ccc(C(C)C)cc1-c1nnc(CCN)o1. The molecule has 0 fully saturated rings. The van der Waals surface area contributed by atoms with Crippen molar-refractivity contribution in [3.05, 3.63) is 35.2 Å². The van der Waals surface area contributed by atoms with Gasteiger partial charge < -0.3 is 10.2 Å². The molecular formula is C14H19N3O. The molecule has 2 rings (SSSR count). The molecule has 0 aliphatic carbocycles. The van der Waals surface area contributed by atoms with Gasteiger partial charge in [-0.05, 0) is 30.0 Å². The molecule has 0 amide bonds. The fourth-order valence-corrected chi connectivity index (χ4v) is 1.82. The molecule has 1 heterocycles. The number of hydrogen-bond donors (Lipinski definition) is 1. The average molecular weight is 245 g/mol. The number of hydrogen-bond acceptors (Lipinski definition) is 4. The molecule has 0 saturated heterocycles. The highest BCUT2D eigenvalue weighted by Crippen LogP contribution is 2.26. The molecule has 96 valence electrons. The molecule has 2 aromatic rings. The summed E-state index contributed by atoms with van der Waals surface area (Å²) in [6, 6.07) is 6.36. The van der Waals surface area contributed by atoms with Gasteiger partial charge in [0.1, 0.15) is 0 Å². The highest BCUT2D eigenvalue weighted by molar-refractivity contribution is 5.59. The largest absolute Gasteiger partial charge is 0.421 e. The van der Waals surface area contributed by atoms with E-state index in [0.717, 1.165) is 11.1 Å². The van der Waals surface area contributed by atoms with Gasteiger partial charge >= 0.3 is 0 Å². The molecule has 1 aromatic heterocycles. The zero-order valence-corrected chi connectivity index (χ0v) is 11.1. The highest BCUT2D eigenvalue weighted by Gasteiger charge is 2.12. The van der Waals surface area contributed by atoms with Crippen molar-refractivity contribution in [3.8, 4) is 11.5 Å². The Morgan fingerprint density at radius 3 is 2.72 bits per heavy atom. The van der Waals surface area contributed by atoms with E-state index in [2.05, 4.69) is 42.2 Å². The topological polar surface area (TPSA) is 64.9 Å². The van der Waals surface area contributed by atoms with Gasteiger partial charge in [-0.15, -0.1) is 10.2 Å². The summed E-state index contributed by atoms with van der Waals surface area (Å²) in [4.78, 5) is 0. The molecule has 0 bridgehead atoms. The van der Waals surface area contributed by atoms with Gasteiger partial charge in [-0.1, -0.05) is 26.0 Å². The van der Waals surface area contributed by atoms with Gasteiger partial charge in [-0.2, -0.15) is 0 Å². The fraction of sp³-hybridized carbons (Fsp3) is 0.429. The van der Waals surface area contributed by atoms with Gasteiger partial charge in [0.25, 0.3) is 0 Å². The van der Waals surface area contributed by atoms with E-state index in [9.17, 15) is 0 Å². The molecule has 4 nitrogen and oxygen atoms in total. The van der Waals surface area contributed by atoms with Crippen LogP contribution in [-0.4, -0.2) is 16.7 Å². The van der Waals surface area contributed by atoms with Gasteiger partial charge in [0.2, 0.25) is 11.8 Å². The van der Waals surface area contributed by atoms with Gasteiger partial charge in [0.15, 0.2) is 0 Å². The maximum atomic E-state index is 5.62. The molecule has 0 saturated carbocycles. The lowest BCUT2D eigenvalue weighted by molar-refractivity contribution is 0.507. The van der Waals surface area contributed by atoms with Gasteiger partial charge in [0, 0.05) is 18.5 Å². The van der Waals surface area contributed by atoms with Crippen LogP contribution in [0, 0.1) is 6.92 Å². The first-order valence-corrected chi connectivity index (χ1v) is 6.25. The summed E-state index contributed by atoms with van der Waals surface area (Å²) in [6.07, 6.45) is 0.621. The highest BCUT2D eigenvalue weighted by atomic mass is 16.4. The Morgan fingerprint density at radius 1 is 1.28 bits per heavy atom. The summed E-state index contributed by atoms with van der Waals surface area (Å²) in [5.41, 5.74) is 8.90. The Kier molecular flexibility index (Phi) is 3.77. The van der Waals surface area contributed by atoms with Crippen LogP contribution in [0.25, 0.3) is 11.5 Å². The van der Waals surface area contributed by atoms with E-state index < -0.39 is 0 Å². The first kappa shape index (κ1) is 12.8. The second-order valence-electron chi connectivity index (χ2n) is 4.77. The third-order valence-corrected chi connectivity index (χ3v) is 2.98. The van der Waals surface area contributed by atoms with Crippen molar-refractivity contribution in [1.82, 2.24) is 10.2 Å². The van der Waals surface area contributed by atoms with Crippen LogP contribution >= 0.6 is 0 Å². The van der Waals surface area contributed by atoms with E-state index in [1.165, 1.54) is 5.56 Å². The maximum Gasteiger partial charge on any atom is 0.248 e. The molecule has 0 radical (unpaired) electrons. The number of benzene rings is 1. The fourth-order valence-electron chi connectivity index (χ4n) is 1.82. The van der Waals surface area contributed by atoms with Crippen molar-refractivity contribution in [2.45, 2.75) is 33.1 Å². The van der Waals surface area contributed by atoms with Crippen molar-refractivity contribution in [1.29, 1.82) is 0 Å². The van der Waals surface area contributed by atoms with E-state index >= 15 is 0 Å². The Morgan fingerprint density at radius 2 is 2.06 bits per heavy atom. The Bertz CT molecular complexity index is 532. The molecule has 18 heavy (non-hydrogen) atoms. The minimum atomic E-state index is 0.482. The van der Waals surface area contributed by atoms with Crippen LogP contribution < -0.4 is 5.73 Å². The normalized spacial score (nSPS) is 11.2. The molecule has 1 aromatic carbocycles. The zero-order valence-electron chi connectivity index (χ0n) is 11.1. The number of rotatable bonds is 4. The minimum Gasteiger partial charge on any atom is -0.421 e. The summed E-state index contributed by atoms with van der Waals surface area (Å²) >= 11 is 0. The van der Waals surface area contributed by atoms with Gasteiger partial charge in [-0.3, -0.25) is 0 Å². The van der Waals surface area contributed by atoms with Gasteiger partial charge in [0.05, 0.1) is 0 Å². The van der Waals surface area contributed by atoms with Crippen LogP contribution in [0.1, 0.15) is 36.8 Å². The second kappa shape index (κ2) is 5.31. The predicted molar refractivity (Wildman–Crippen MR) is 71.3 cm³/mol. The minimum absolute atomic E-state index is 0.482. The quantitative estimate of drug-likeness (QED) is 0.899. The number of nitrogens with zero attached hydrogens (tertiary/aromatic N) is 2. The standard InChI is InChI=1S/C14H19N3O/c1-9(2)11-5-4-10(3)12(8-11)14-17-16-13(18-14)6-7-15/h4-5,8-9H,6-7,15H2,1-3H3. The van der Waals surface area contributed by atoms with Gasteiger partial charge in [-0.25, -0.2) is 0 Å². The zero-order chi connectivity index (χ0) is 13.1. The predicted octanol–water partition coefficient (Wildman–Crippen LogP) is 2.67. The van der Waals surface area contributed by atoms with Crippen LogP contribution in [0.5, 0.6) is 0 Å². The van der Waals surface area contributed by atoms with Crippen molar-refractivity contribution in [2.24, 2.45) is 5.73 Å². The summed E-state index contributed by atoms with van der Waals surface area (Å²) in [6.45, 7) is 6.91. The molecule has 2 N–H and O–H groups in total. The molecule has 0 spiro atoms. The molecule has 0 aliphatic heterocycles. The number of aromatic nitrogens is 2. The van der Waals surface area contributed by atoms with E-state index in [-0.39, 0.29) is 0 Å². The Hall–Kier alpha value is -1.68. The lowest BCUT2D eigenvalue weighted by atomic mass is 9.98. The molecule has 4 heteroatoms. The summed E-state index contributed by atoms with van der Waals surface area (Å²) in [5.74, 6) is 1.66. The summed E-state index contributed by atoms with van der Waals surface area (Å²) < 4.78 is 5.62. The Labute approximate surface area is 107 Å². The third-order valence-electron chi connectivity index (χ3n) is 2.98. The monoisotopic (exact) mass is 245 g/mol. The maximum absolute atomic E-state index is 5.62. The number of nitrogens with two attached hydrogens (primary N) is 1. The van der Waals surface area contributed by atoms with Crippen LogP contribution in [0.15, 0.2) is 22.6 Å². The Balaban J connectivity index is 2.38. The molecule has 0 unspecified atom stereocenters. The van der Waals surface area contributed by atoms with E-state index in [1.54, 1.807) is 0 Å². The first-order chi connectivity index (χ1) is 8.61. The van der Waals surface area contributed by atoms with Crippen LogP contribution in [0.2, 0.25) is 0 Å². The van der Waals surface area contributed by atoms with Crippen LogP contribution in [-0.2, 0) is 6.42 Å². The van der Waals surface area contributed by atoms with E-state index in [0.29, 0.717) is 30.7 Å². The van der Waals surface area contributed by atoms with Crippen molar-refractivity contribution in [2.75, 3.05) is 6.54 Å². The second-order valence-corrected chi connectivity index (χ2v) is 4.77.